The third-order valence-electron chi connectivity index (χ3n) is 2.67. The highest BCUT2D eigenvalue weighted by atomic mass is 16.5. The van der Waals surface area contributed by atoms with Gasteiger partial charge >= 0.3 is 5.97 Å². The average molecular weight is 293 g/mol. The molecule has 0 aliphatic rings. The molecule has 6 nitrogen and oxygen atoms in total. The number of rotatable bonds is 8. The maximum absolute atomic E-state index is 12.3. The number of hydrogen-bond donors (Lipinski definition) is 1. The summed E-state index contributed by atoms with van der Waals surface area (Å²) in [5, 5.41) is 8.85. The molecule has 0 aliphatic carbocycles. The molecule has 1 N–H and O–H groups in total. The Bertz CT molecular complexity index is 527. The molecular weight excluding hydrogens is 274 g/mol. The van der Waals surface area contributed by atoms with Gasteiger partial charge in [0.2, 0.25) is 0 Å². The molecule has 1 rings (SSSR count). The second kappa shape index (κ2) is 7.94. The average Bonchev–Trinajstić information content (AvgIpc) is 2.46. The van der Waals surface area contributed by atoms with Gasteiger partial charge in [0.25, 0.3) is 5.91 Å². The van der Waals surface area contributed by atoms with Gasteiger partial charge in [0.15, 0.2) is 11.5 Å². The first-order chi connectivity index (χ1) is 10.0. The van der Waals surface area contributed by atoms with E-state index in [4.69, 9.17) is 14.6 Å². The molecule has 21 heavy (non-hydrogen) atoms. The second-order valence-corrected chi connectivity index (χ2v) is 4.17. The van der Waals surface area contributed by atoms with Crippen molar-refractivity contribution in [3.63, 3.8) is 0 Å². The molecule has 0 heterocycles. The molecule has 0 aromatic heterocycles. The van der Waals surface area contributed by atoms with Crippen LogP contribution in [0.2, 0.25) is 0 Å². The maximum Gasteiger partial charge on any atom is 0.323 e. The van der Waals surface area contributed by atoms with Crippen molar-refractivity contribution < 1.29 is 24.2 Å². The zero-order valence-corrected chi connectivity index (χ0v) is 12.2. The van der Waals surface area contributed by atoms with Crippen LogP contribution in [0, 0.1) is 0 Å². The number of carboxylic acids is 1. The Morgan fingerprint density at radius 2 is 2.10 bits per heavy atom. The molecule has 1 aromatic carbocycles. The first-order valence-electron chi connectivity index (χ1n) is 6.46. The lowest BCUT2D eigenvalue weighted by atomic mass is 10.1. The normalized spacial score (nSPS) is 9.81. The van der Waals surface area contributed by atoms with Gasteiger partial charge in [-0.1, -0.05) is 6.08 Å². The van der Waals surface area contributed by atoms with Gasteiger partial charge in [-0.2, -0.15) is 0 Å². The smallest absolute Gasteiger partial charge is 0.323 e. The number of benzene rings is 1. The molecule has 0 atom stereocenters. The van der Waals surface area contributed by atoms with Crippen molar-refractivity contribution in [3.05, 3.63) is 36.4 Å². The number of ether oxygens (including phenoxy) is 2. The molecule has 1 amide bonds. The van der Waals surface area contributed by atoms with Gasteiger partial charge in [-0.25, -0.2) is 0 Å². The lowest BCUT2D eigenvalue weighted by molar-refractivity contribution is -0.137. The standard InChI is InChI=1S/C15H19NO5/c1-4-8-16(10-14(17)18)15(19)11-6-7-12(21-5-2)13(9-11)20-3/h4,6-7,9H,1,5,8,10H2,2-3H3,(H,17,18). The van der Waals surface area contributed by atoms with Crippen molar-refractivity contribution in [1.82, 2.24) is 4.90 Å². The van der Waals surface area contributed by atoms with E-state index in [9.17, 15) is 9.59 Å². The summed E-state index contributed by atoms with van der Waals surface area (Å²) >= 11 is 0. The molecular formula is C15H19NO5. The molecule has 0 bridgehead atoms. The summed E-state index contributed by atoms with van der Waals surface area (Å²) in [7, 11) is 1.48. The van der Waals surface area contributed by atoms with E-state index < -0.39 is 11.9 Å². The third-order valence-corrected chi connectivity index (χ3v) is 2.67. The van der Waals surface area contributed by atoms with E-state index in [0.29, 0.717) is 23.7 Å². The van der Waals surface area contributed by atoms with Crippen molar-refractivity contribution in [2.24, 2.45) is 0 Å². The topological polar surface area (TPSA) is 76.1 Å². The van der Waals surface area contributed by atoms with E-state index in [1.165, 1.54) is 24.2 Å². The van der Waals surface area contributed by atoms with Gasteiger partial charge in [-0.05, 0) is 25.1 Å². The van der Waals surface area contributed by atoms with Crippen LogP contribution in [0.15, 0.2) is 30.9 Å². The molecule has 0 saturated carbocycles. The van der Waals surface area contributed by atoms with Gasteiger partial charge in [0.05, 0.1) is 13.7 Å². The van der Waals surface area contributed by atoms with Crippen LogP contribution in [0.1, 0.15) is 17.3 Å². The Kier molecular flexibility index (Phi) is 6.26. The molecule has 114 valence electrons. The number of carbonyl (C=O) groups is 2. The summed E-state index contributed by atoms with van der Waals surface area (Å²) in [6.45, 7) is 5.61. The number of methoxy groups -OCH3 is 1. The highest BCUT2D eigenvalue weighted by Gasteiger charge is 2.19. The minimum absolute atomic E-state index is 0.153. The van der Waals surface area contributed by atoms with Crippen LogP contribution < -0.4 is 9.47 Å². The Hall–Kier alpha value is -2.50. The molecule has 0 aliphatic heterocycles. The second-order valence-electron chi connectivity index (χ2n) is 4.17. The molecule has 1 aromatic rings. The van der Waals surface area contributed by atoms with Crippen molar-refractivity contribution in [2.75, 3.05) is 26.8 Å². The maximum atomic E-state index is 12.3. The predicted molar refractivity (Wildman–Crippen MR) is 77.9 cm³/mol. The fraction of sp³-hybridized carbons (Fsp3) is 0.333. The van der Waals surface area contributed by atoms with E-state index in [1.54, 1.807) is 12.1 Å². The summed E-state index contributed by atoms with van der Waals surface area (Å²) in [6, 6.07) is 4.74. The van der Waals surface area contributed by atoms with E-state index in [-0.39, 0.29) is 13.1 Å². The molecule has 0 saturated heterocycles. The molecule has 0 spiro atoms. The first kappa shape index (κ1) is 16.6. The van der Waals surface area contributed by atoms with Crippen LogP contribution in [0.4, 0.5) is 0 Å². The van der Waals surface area contributed by atoms with Crippen molar-refractivity contribution in [3.8, 4) is 11.5 Å². The third kappa shape index (κ3) is 4.52. The number of amides is 1. The van der Waals surface area contributed by atoms with Crippen molar-refractivity contribution in [1.29, 1.82) is 0 Å². The van der Waals surface area contributed by atoms with Crippen molar-refractivity contribution >= 4 is 11.9 Å². The number of nitrogens with zero attached hydrogens (tertiary/aromatic N) is 1. The number of hydrogen-bond acceptors (Lipinski definition) is 4. The van der Waals surface area contributed by atoms with Crippen LogP contribution in [0.5, 0.6) is 11.5 Å². The van der Waals surface area contributed by atoms with Crippen LogP contribution in [-0.2, 0) is 4.79 Å². The lowest BCUT2D eigenvalue weighted by Gasteiger charge is -2.19. The molecule has 0 radical (unpaired) electrons. The molecule has 0 fully saturated rings. The van der Waals surface area contributed by atoms with Gasteiger partial charge in [-0.3, -0.25) is 9.59 Å². The highest BCUT2D eigenvalue weighted by Crippen LogP contribution is 2.28. The predicted octanol–water partition coefficient (Wildman–Crippen LogP) is 1.81. The Morgan fingerprint density at radius 1 is 1.38 bits per heavy atom. The Labute approximate surface area is 123 Å². The minimum Gasteiger partial charge on any atom is -0.493 e. The van der Waals surface area contributed by atoms with E-state index in [1.807, 2.05) is 6.92 Å². The summed E-state index contributed by atoms with van der Waals surface area (Å²) in [4.78, 5) is 24.3. The van der Waals surface area contributed by atoms with Crippen LogP contribution in [0.25, 0.3) is 0 Å². The quantitative estimate of drug-likeness (QED) is 0.740. The van der Waals surface area contributed by atoms with Crippen LogP contribution in [0.3, 0.4) is 0 Å². The summed E-state index contributed by atoms with van der Waals surface area (Å²) in [6.07, 6.45) is 1.48. The zero-order chi connectivity index (χ0) is 15.8. The first-order valence-corrected chi connectivity index (χ1v) is 6.46. The SMILES string of the molecule is C=CCN(CC(=O)O)C(=O)c1ccc(OCC)c(OC)c1. The minimum atomic E-state index is -1.08. The monoisotopic (exact) mass is 293 g/mol. The van der Waals surface area contributed by atoms with Crippen LogP contribution >= 0.6 is 0 Å². The van der Waals surface area contributed by atoms with Gasteiger partial charge in [0.1, 0.15) is 6.54 Å². The van der Waals surface area contributed by atoms with E-state index in [0.717, 1.165) is 0 Å². The van der Waals surface area contributed by atoms with Crippen LogP contribution in [-0.4, -0.2) is 48.7 Å². The molecule has 6 heteroatoms. The number of carbonyl (C=O) groups excluding carboxylic acids is 1. The zero-order valence-electron chi connectivity index (χ0n) is 12.2. The van der Waals surface area contributed by atoms with Gasteiger partial charge < -0.3 is 19.5 Å². The Morgan fingerprint density at radius 3 is 2.62 bits per heavy atom. The van der Waals surface area contributed by atoms with E-state index >= 15 is 0 Å². The van der Waals surface area contributed by atoms with Crippen molar-refractivity contribution in [2.45, 2.75) is 6.92 Å². The van der Waals surface area contributed by atoms with E-state index in [2.05, 4.69) is 6.58 Å². The summed E-state index contributed by atoms with van der Waals surface area (Å²) in [5.41, 5.74) is 0.332. The lowest BCUT2D eigenvalue weighted by Crippen LogP contribution is -2.35. The summed E-state index contributed by atoms with van der Waals surface area (Å²) in [5.74, 6) is -0.525. The van der Waals surface area contributed by atoms with Gasteiger partial charge in [0, 0.05) is 12.1 Å². The number of carboxylic acid groups (broad SMARTS) is 1. The van der Waals surface area contributed by atoms with Gasteiger partial charge in [-0.15, -0.1) is 6.58 Å². The molecule has 0 unspecified atom stereocenters. The highest BCUT2D eigenvalue weighted by molar-refractivity contribution is 5.96. The summed E-state index contributed by atoms with van der Waals surface area (Å²) < 4.78 is 10.6. The Balaban J connectivity index is 3.04. The number of aliphatic carboxylic acids is 1. The fourth-order valence-corrected chi connectivity index (χ4v) is 1.80. The fourth-order valence-electron chi connectivity index (χ4n) is 1.80. The largest absolute Gasteiger partial charge is 0.493 e.